The Morgan fingerprint density at radius 2 is 2.05 bits per heavy atom. The lowest BCUT2D eigenvalue weighted by Crippen LogP contribution is -2.31. The van der Waals surface area contributed by atoms with Crippen LogP contribution in [0.1, 0.15) is 54.8 Å². The molecule has 1 N–H and O–H groups in total. The van der Waals surface area contributed by atoms with Gasteiger partial charge in [-0.3, -0.25) is 0 Å². The molecule has 1 saturated carbocycles. The Kier molecular flexibility index (Phi) is 3.64. The van der Waals surface area contributed by atoms with Crippen LogP contribution in [0.2, 0.25) is 0 Å². The van der Waals surface area contributed by atoms with Crippen molar-refractivity contribution in [2.75, 3.05) is 20.3 Å². The van der Waals surface area contributed by atoms with Crippen LogP contribution in [-0.4, -0.2) is 46.1 Å². The number of likely N-dealkylation sites (N-methyl/N-ethyl adjacent to an activating group) is 1. The van der Waals surface area contributed by atoms with Crippen molar-refractivity contribution < 1.29 is 4.74 Å². The summed E-state index contributed by atoms with van der Waals surface area (Å²) in [5.74, 6) is 1.93. The van der Waals surface area contributed by atoms with Gasteiger partial charge in [0.05, 0.1) is 19.1 Å². The largest absolute Gasteiger partial charge is 0.379 e. The summed E-state index contributed by atoms with van der Waals surface area (Å²) < 4.78 is 7.58. The van der Waals surface area contributed by atoms with Crippen molar-refractivity contribution in [2.24, 2.45) is 0 Å². The third kappa shape index (κ3) is 2.37. The Hall–Kier alpha value is -1.05. The molecule has 0 radical (unpaired) electrons. The number of aromatic nitrogens is 4. The van der Waals surface area contributed by atoms with Gasteiger partial charge >= 0.3 is 0 Å². The van der Waals surface area contributed by atoms with E-state index in [0.29, 0.717) is 17.9 Å². The molecule has 2 fully saturated rings. The predicted molar refractivity (Wildman–Crippen MR) is 80.9 cm³/mol. The Bertz CT molecular complexity index is 618. The molecule has 0 amide bonds. The van der Waals surface area contributed by atoms with Gasteiger partial charge in [0, 0.05) is 12.0 Å². The average molecular weight is 307 g/mol. The minimum atomic E-state index is 0.334. The van der Waals surface area contributed by atoms with E-state index < -0.39 is 0 Å². The van der Waals surface area contributed by atoms with Crippen molar-refractivity contribution in [2.45, 2.75) is 50.0 Å². The molecule has 1 saturated heterocycles. The highest BCUT2D eigenvalue weighted by atomic mass is 32.1. The third-order valence-electron chi connectivity index (χ3n) is 4.77. The Morgan fingerprint density at radius 1 is 1.19 bits per heavy atom. The summed E-state index contributed by atoms with van der Waals surface area (Å²) in [5, 5.41) is 18.0. The van der Waals surface area contributed by atoms with Gasteiger partial charge in [-0.1, -0.05) is 30.6 Å². The number of hydrogen-bond donors (Lipinski definition) is 1. The zero-order valence-electron chi connectivity index (χ0n) is 12.3. The molecule has 6 nitrogen and oxygen atoms in total. The summed E-state index contributed by atoms with van der Waals surface area (Å²) in [6, 6.07) is 0.354. The highest BCUT2D eigenvalue weighted by Crippen LogP contribution is 2.34. The topological polar surface area (TPSA) is 64.3 Å². The number of nitrogens with zero attached hydrogens (tertiary/aromatic N) is 4. The van der Waals surface area contributed by atoms with Gasteiger partial charge in [0.1, 0.15) is 5.01 Å². The Labute approximate surface area is 127 Å². The van der Waals surface area contributed by atoms with Gasteiger partial charge in [-0.15, -0.1) is 10.2 Å². The van der Waals surface area contributed by atoms with Gasteiger partial charge in [0.2, 0.25) is 4.96 Å². The maximum absolute atomic E-state index is 5.59. The molecule has 0 bridgehead atoms. The van der Waals surface area contributed by atoms with E-state index in [1.54, 1.807) is 11.3 Å². The molecular formula is C14H21N5OS. The molecule has 1 aliphatic heterocycles. The van der Waals surface area contributed by atoms with E-state index in [-0.39, 0.29) is 0 Å². The minimum Gasteiger partial charge on any atom is -0.379 e. The zero-order chi connectivity index (χ0) is 14.2. The van der Waals surface area contributed by atoms with Gasteiger partial charge in [-0.2, -0.15) is 9.61 Å². The molecule has 2 unspecified atom stereocenters. The average Bonchev–Trinajstić information content (AvgIpc) is 3.22. The van der Waals surface area contributed by atoms with Crippen molar-refractivity contribution >= 4 is 16.3 Å². The van der Waals surface area contributed by atoms with Crippen LogP contribution in [-0.2, 0) is 4.74 Å². The van der Waals surface area contributed by atoms with Crippen LogP contribution in [0.4, 0.5) is 0 Å². The van der Waals surface area contributed by atoms with Crippen LogP contribution in [0.3, 0.4) is 0 Å². The second-order valence-electron chi connectivity index (χ2n) is 6.07. The normalized spacial score (nSPS) is 27.7. The van der Waals surface area contributed by atoms with Gasteiger partial charge in [0.15, 0.2) is 5.82 Å². The number of hydrogen-bond acceptors (Lipinski definition) is 6. The maximum atomic E-state index is 5.59. The van der Waals surface area contributed by atoms with Gasteiger partial charge in [-0.05, 0) is 19.9 Å². The maximum Gasteiger partial charge on any atom is 0.234 e. The van der Waals surface area contributed by atoms with Crippen LogP contribution < -0.4 is 5.32 Å². The lowest BCUT2D eigenvalue weighted by molar-refractivity contribution is 0.188. The van der Waals surface area contributed by atoms with E-state index in [4.69, 9.17) is 9.84 Å². The summed E-state index contributed by atoms with van der Waals surface area (Å²) in [7, 11) is 1.99. The van der Waals surface area contributed by atoms with Crippen molar-refractivity contribution in [3.8, 4) is 0 Å². The van der Waals surface area contributed by atoms with Crippen molar-refractivity contribution in [3.05, 3.63) is 10.8 Å². The molecule has 0 aromatic carbocycles. The molecule has 1 aliphatic carbocycles. The van der Waals surface area contributed by atoms with E-state index in [9.17, 15) is 0 Å². The second kappa shape index (κ2) is 5.62. The lowest BCUT2D eigenvalue weighted by atomic mass is 9.89. The SMILES string of the molecule is CNC1COCC1c1nn2c(C3CCCCC3)nnc2s1. The second-order valence-corrected chi connectivity index (χ2v) is 7.05. The fourth-order valence-electron chi connectivity index (χ4n) is 3.49. The Balaban J connectivity index is 1.65. The first kappa shape index (κ1) is 13.6. The summed E-state index contributed by atoms with van der Waals surface area (Å²) in [4.78, 5) is 0.923. The molecule has 0 spiro atoms. The first-order valence-corrected chi connectivity index (χ1v) is 8.65. The van der Waals surface area contributed by atoms with Crippen LogP contribution in [0.25, 0.3) is 4.96 Å². The quantitative estimate of drug-likeness (QED) is 0.939. The molecule has 114 valence electrons. The monoisotopic (exact) mass is 307 g/mol. The van der Waals surface area contributed by atoms with Gasteiger partial charge < -0.3 is 10.1 Å². The van der Waals surface area contributed by atoms with Gasteiger partial charge in [0.25, 0.3) is 0 Å². The predicted octanol–water partition coefficient (Wildman–Crippen LogP) is 1.94. The van der Waals surface area contributed by atoms with Crippen LogP contribution >= 0.6 is 11.3 Å². The van der Waals surface area contributed by atoms with E-state index in [2.05, 4.69) is 15.5 Å². The molecule has 2 aromatic rings. The summed E-state index contributed by atoms with van der Waals surface area (Å²) in [5.41, 5.74) is 0. The van der Waals surface area contributed by atoms with Crippen molar-refractivity contribution in [1.29, 1.82) is 0 Å². The summed E-state index contributed by atoms with van der Waals surface area (Å²) in [6.07, 6.45) is 6.40. The van der Waals surface area contributed by atoms with Crippen molar-refractivity contribution in [3.63, 3.8) is 0 Å². The summed E-state index contributed by atoms with van der Waals surface area (Å²) >= 11 is 1.66. The molecule has 4 rings (SSSR count). The summed E-state index contributed by atoms with van der Waals surface area (Å²) in [6.45, 7) is 1.51. The molecule has 2 atom stereocenters. The fraction of sp³-hybridized carbons (Fsp3) is 0.786. The number of rotatable bonds is 3. The number of fused-ring (bicyclic) bond motifs is 1. The van der Waals surface area contributed by atoms with Crippen LogP contribution in [0, 0.1) is 0 Å². The molecule has 2 aliphatic rings. The van der Waals surface area contributed by atoms with E-state index >= 15 is 0 Å². The molecule has 7 heteroatoms. The Morgan fingerprint density at radius 3 is 2.86 bits per heavy atom. The van der Waals surface area contributed by atoms with E-state index in [1.165, 1.54) is 32.1 Å². The smallest absolute Gasteiger partial charge is 0.234 e. The molecule has 3 heterocycles. The third-order valence-corrected chi connectivity index (χ3v) is 5.80. The first-order valence-electron chi connectivity index (χ1n) is 7.84. The van der Waals surface area contributed by atoms with Crippen molar-refractivity contribution in [1.82, 2.24) is 25.1 Å². The highest BCUT2D eigenvalue weighted by Gasteiger charge is 2.32. The van der Waals surface area contributed by atoms with Crippen LogP contribution in [0.5, 0.6) is 0 Å². The molecule has 21 heavy (non-hydrogen) atoms. The number of ether oxygens (including phenoxy) is 1. The van der Waals surface area contributed by atoms with Crippen LogP contribution in [0.15, 0.2) is 0 Å². The van der Waals surface area contributed by atoms with E-state index in [0.717, 1.165) is 29.0 Å². The standard InChI is InChI=1S/C14H21N5OS/c1-15-11-8-20-7-10(11)13-18-19-12(16-17-14(19)21-13)9-5-3-2-4-6-9/h9-11,15H,2-8H2,1H3. The lowest BCUT2D eigenvalue weighted by Gasteiger charge is -2.19. The number of nitrogens with one attached hydrogen (secondary N) is 1. The zero-order valence-corrected chi connectivity index (χ0v) is 13.1. The first-order chi connectivity index (χ1) is 10.4. The van der Waals surface area contributed by atoms with E-state index in [1.807, 2.05) is 11.6 Å². The molecule has 2 aromatic heterocycles. The van der Waals surface area contributed by atoms with Gasteiger partial charge in [-0.25, -0.2) is 0 Å². The molecular weight excluding hydrogens is 286 g/mol. The fourth-order valence-corrected chi connectivity index (χ4v) is 4.49. The highest BCUT2D eigenvalue weighted by molar-refractivity contribution is 7.16. The minimum absolute atomic E-state index is 0.334.